The molecule has 0 N–H and O–H groups in total. The molecule has 290 valence electrons. The summed E-state index contributed by atoms with van der Waals surface area (Å²) in [4.78, 5) is 18.2. The van der Waals surface area contributed by atoms with E-state index in [-0.39, 0.29) is 11.1 Å². The fourth-order valence-corrected chi connectivity index (χ4v) is 7.98. The van der Waals surface area contributed by atoms with E-state index in [1.807, 2.05) is 36.4 Å². The molecule has 0 amide bonds. The highest BCUT2D eigenvalue weighted by molar-refractivity contribution is 6.74. The van der Waals surface area contributed by atoms with Crippen LogP contribution in [-0.2, 0) is 51.2 Å². The fraction of sp³-hybridized carbons (Fsp3) is 0.409. The number of carbonyl (C=O) groups is 1. The lowest BCUT2D eigenvalue weighted by molar-refractivity contribution is -0.0589. The molecule has 2 aliphatic rings. The minimum atomic E-state index is -1.97. The molecule has 0 aliphatic carbocycles. The van der Waals surface area contributed by atoms with Gasteiger partial charge in [0.25, 0.3) is 0 Å². The number of esters is 1. The van der Waals surface area contributed by atoms with Gasteiger partial charge in [0.15, 0.2) is 8.32 Å². The van der Waals surface area contributed by atoms with Crippen LogP contribution >= 0.6 is 11.6 Å². The molecule has 0 unspecified atom stereocenters. The summed E-state index contributed by atoms with van der Waals surface area (Å²) in [5, 5.41) is 0.773. The van der Waals surface area contributed by atoms with E-state index in [1.165, 1.54) is 7.11 Å². The first kappa shape index (κ1) is 39.1. The predicted octanol–water partition coefficient (Wildman–Crippen LogP) is 9.58. The number of fused-ring (bicyclic) bond motifs is 7. The molecule has 5 aromatic rings. The summed E-state index contributed by atoms with van der Waals surface area (Å²) in [6, 6.07) is 24.2. The van der Waals surface area contributed by atoms with E-state index in [1.54, 1.807) is 6.07 Å². The van der Waals surface area contributed by atoms with E-state index < -0.39 is 14.3 Å². The van der Waals surface area contributed by atoms with Gasteiger partial charge in [0, 0.05) is 18.1 Å². The third kappa shape index (κ3) is 8.95. The number of rotatable bonds is 10. The van der Waals surface area contributed by atoms with E-state index in [9.17, 15) is 4.79 Å². The molecule has 4 bridgehead atoms. The Hall–Kier alpha value is -4.19. The monoisotopic (exact) mass is 782 g/mol. The van der Waals surface area contributed by atoms with Gasteiger partial charge >= 0.3 is 5.97 Å². The summed E-state index contributed by atoms with van der Waals surface area (Å²) in [6.45, 7) is 14.6. The number of nitrogens with zero attached hydrogens (tertiary/aromatic N) is 2. The molecule has 7 rings (SSSR count). The zero-order chi connectivity index (χ0) is 38.7. The number of carbonyl (C=O) groups excluding carboxylic acids is 1. The van der Waals surface area contributed by atoms with E-state index in [0.29, 0.717) is 74.3 Å². The van der Waals surface area contributed by atoms with Gasteiger partial charge < -0.3 is 32.7 Å². The van der Waals surface area contributed by atoms with Crippen molar-refractivity contribution in [2.24, 2.45) is 0 Å². The number of hydrogen-bond acceptors (Lipinski definition) is 8. The predicted molar refractivity (Wildman–Crippen MR) is 218 cm³/mol. The molecule has 0 radical (unpaired) electrons. The molecule has 0 saturated carbocycles. The maximum absolute atomic E-state index is 13.0. The van der Waals surface area contributed by atoms with Crippen LogP contribution in [0.1, 0.15) is 65.6 Å². The van der Waals surface area contributed by atoms with Gasteiger partial charge in [-0.05, 0) is 107 Å². The van der Waals surface area contributed by atoms with E-state index >= 15 is 0 Å². The van der Waals surface area contributed by atoms with Gasteiger partial charge in [0.05, 0.1) is 50.7 Å². The van der Waals surface area contributed by atoms with Crippen molar-refractivity contribution in [2.45, 2.75) is 84.0 Å². The van der Waals surface area contributed by atoms with Gasteiger partial charge in [-0.3, -0.25) is 0 Å². The second-order valence-electron chi connectivity index (χ2n) is 15.9. The highest BCUT2D eigenvalue weighted by atomic mass is 35.5. The van der Waals surface area contributed by atoms with Gasteiger partial charge in [-0.1, -0.05) is 62.7 Å². The lowest BCUT2D eigenvalue weighted by Gasteiger charge is -2.36. The number of aromatic nitrogens is 2. The van der Waals surface area contributed by atoms with Crippen LogP contribution in [0.4, 0.5) is 0 Å². The first-order chi connectivity index (χ1) is 26.4. The molecular weight excluding hydrogens is 732 g/mol. The van der Waals surface area contributed by atoms with Crippen molar-refractivity contribution in [3.63, 3.8) is 0 Å². The van der Waals surface area contributed by atoms with E-state index in [4.69, 9.17) is 44.7 Å². The summed E-state index contributed by atoms with van der Waals surface area (Å²) >= 11 is 6.40. The molecule has 2 aliphatic heterocycles. The Bertz CT molecular complexity index is 2170. The van der Waals surface area contributed by atoms with Gasteiger partial charge in [-0.25, -0.2) is 9.78 Å². The van der Waals surface area contributed by atoms with Crippen molar-refractivity contribution in [2.75, 3.05) is 33.5 Å². The van der Waals surface area contributed by atoms with Crippen LogP contribution in [0, 0.1) is 0 Å². The van der Waals surface area contributed by atoms with Crippen LogP contribution in [0.2, 0.25) is 23.2 Å². The molecular formula is C44H51ClN2O7Si. The third-order valence-corrected chi connectivity index (χ3v) is 15.9. The molecule has 3 heterocycles. The number of hydrogen-bond donors (Lipinski definition) is 0. The van der Waals surface area contributed by atoms with Crippen LogP contribution < -0.4 is 9.47 Å². The molecule has 4 aromatic carbocycles. The smallest absolute Gasteiger partial charge is 0.338 e. The summed E-state index contributed by atoms with van der Waals surface area (Å²) in [6.07, 6.45) is 2.24. The van der Waals surface area contributed by atoms with Crippen molar-refractivity contribution >= 4 is 36.9 Å². The summed E-state index contributed by atoms with van der Waals surface area (Å²) < 4.78 is 38.7. The number of ether oxygens (including phenoxy) is 5. The Morgan fingerprint density at radius 3 is 2.53 bits per heavy atom. The van der Waals surface area contributed by atoms with Crippen molar-refractivity contribution in [1.82, 2.24) is 9.55 Å². The highest BCUT2D eigenvalue weighted by Gasteiger charge is 2.37. The minimum Gasteiger partial charge on any atom is -0.489 e. The normalized spacial score (nSPS) is 16.1. The largest absolute Gasteiger partial charge is 0.489 e. The highest BCUT2D eigenvalue weighted by Crippen LogP contribution is 2.37. The molecule has 11 heteroatoms. The fourth-order valence-electron chi connectivity index (χ4n) is 6.76. The van der Waals surface area contributed by atoms with E-state index in [2.05, 4.69) is 68.8 Å². The SMILES string of the molecule is COC(=O)c1cc(OCCO[Si](C)(C)C(C)(C)C)c2nc(Cc3ccc4cc3COCCc3cc(Cl)ccc3COc3cccc-4c3)n(C[C@@H]3CCO3)c2c1. The minimum absolute atomic E-state index is 0.0508. The number of benzene rings is 4. The second kappa shape index (κ2) is 16.5. The van der Waals surface area contributed by atoms with Crippen molar-refractivity contribution in [3.8, 4) is 22.6 Å². The number of methoxy groups -OCH3 is 1. The second-order valence-corrected chi connectivity index (χ2v) is 21.1. The lowest BCUT2D eigenvalue weighted by atomic mass is 9.97. The molecule has 1 fully saturated rings. The first-order valence-corrected chi connectivity index (χ1v) is 22.4. The molecule has 1 saturated heterocycles. The molecule has 9 nitrogen and oxygen atoms in total. The van der Waals surface area contributed by atoms with E-state index in [0.717, 1.165) is 63.5 Å². The first-order valence-electron chi connectivity index (χ1n) is 19.1. The molecule has 1 atom stereocenters. The van der Waals surface area contributed by atoms with Crippen molar-refractivity contribution in [3.05, 3.63) is 111 Å². The number of imidazole rings is 1. The van der Waals surface area contributed by atoms with Gasteiger partial charge in [-0.2, -0.15) is 0 Å². The Morgan fingerprint density at radius 1 is 0.945 bits per heavy atom. The van der Waals surface area contributed by atoms with Crippen LogP contribution in [0.3, 0.4) is 0 Å². The Balaban J connectivity index is 1.24. The lowest BCUT2D eigenvalue weighted by Crippen LogP contribution is -2.41. The Kier molecular flexibility index (Phi) is 11.7. The topological polar surface area (TPSA) is 90.3 Å². The zero-order valence-corrected chi connectivity index (χ0v) is 34.5. The molecule has 1 aromatic heterocycles. The standard InChI is InChI=1S/C44H51ClN2O7Si/c1-44(2,3)55(5,6)54-19-18-52-40-24-34(43(48)49-4)23-39-42(40)46-41(47(39)26-38-15-17-51-38)25-31-11-10-30-20-35(31)27-50-16-14-32-21-36(45)13-12-33(32)28-53-37-9-7-8-29(30)22-37/h7-13,20-24,38H,14-19,25-28H2,1-6H3/t38-/m0/s1. The Labute approximate surface area is 329 Å². The van der Waals surface area contributed by atoms with Crippen molar-refractivity contribution in [1.29, 1.82) is 0 Å². The summed E-state index contributed by atoms with van der Waals surface area (Å²) in [5.74, 6) is 1.74. The van der Waals surface area contributed by atoms with Crippen LogP contribution in [0.25, 0.3) is 22.2 Å². The molecule has 55 heavy (non-hydrogen) atoms. The van der Waals surface area contributed by atoms with Crippen LogP contribution in [-0.4, -0.2) is 63.5 Å². The quantitative estimate of drug-likeness (QED) is 0.0787. The summed E-state index contributed by atoms with van der Waals surface area (Å²) in [5.41, 5.74) is 8.38. The van der Waals surface area contributed by atoms with Crippen LogP contribution in [0.15, 0.2) is 72.8 Å². The zero-order valence-electron chi connectivity index (χ0n) is 32.7. The van der Waals surface area contributed by atoms with Gasteiger partial charge in [0.1, 0.15) is 36.1 Å². The average Bonchev–Trinajstić information content (AvgIpc) is 3.48. The third-order valence-electron chi connectivity index (χ3n) is 11.2. The van der Waals surface area contributed by atoms with Gasteiger partial charge in [-0.15, -0.1) is 0 Å². The Morgan fingerprint density at radius 2 is 1.76 bits per heavy atom. The summed E-state index contributed by atoms with van der Waals surface area (Å²) in [7, 11) is -0.581. The average molecular weight is 783 g/mol. The number of halogens is 1. The maximum atomic E-state index is 13.0. The maximum Gasteiger partial charge on any atom is 0.338 e. The van der Waals surface area contributed by atoms with Crippen LogP contribution in [0.5, 0.6) is 11.5 Å². The van der Waals surface area contributed by atoms with Gasteiger partial charge in [0.2, 0.25) is 0 Å². The van der Waals surface area contributed by atoms with Crippen molar-refractivity contribution < 1.29 is 32.9 Å². The molecule has 0 spiro atoms.